The summed E-state index contributed by atoms with van der Waals surface area (Å²) in [4.78, 5) is 12.4. The van der Waals surface area contributed by atoms with E-state index in [-0.39, 0.29) is 29.6 Å². The van der Waals surface area contributed by atoms with Gasteiger partial charge in [-0.05, 0) is 49.2 Å². The lowest BCUT2D eigenvalue weighted by atomic mass is 10.1. The number of aryl methyl sites for hydroxylation is 2. The molecule has 2 aromatic rings. The molecule has 1 fully saturated rings. The van der Waals surface area contributed by atoms with Crippen LogP contribution in [0.1, 0.15) is 16.7 Å². The van der Waals surface area contributed by atoms with Gasteiger partial charge in [0.15, 0.2) is 0 Å². The number of hydrogen-bond donors (Lipinski definition) is 1. The number of ether oxygens (including phenoxy) is 2. The van der Waals surface area contributed by atoms with Gasteiger partial charge in [0.05, 0.1) is 20.3 Å². The first-order chi connectivity index (χ1) is 14.3. The number of benzene rings is 2. The van der Waals surface area contributed by atoms with Crippen LogP contribution in [0.5, 0.6) is 5.75 Å². The molecule has 0 spiro atoms. The molecule has 0 aliphatic carbocycles. The third-order valence-electron chi connectivity index (χ3n) is 4.86. The van der Waals surface area contributed by atoms with Crippen molar-refractivity contribution in [3.05, 3.63) is 59.2 Å². The standard InChI is InChI=1S/C22H26N2O5S/c1-16-4-5-18(17(2)14-16)6-9-22(25)23-19-7-8-20(28-3)21(15-19)30(26,27)24-10-12-29-13-11-24/h4-9,14-15H,10-13H2,1-3H3,(H,23,25)/b9-6+. The molecule has 0 unspecified atom stereocenters. The van der Waals surface area contributed by atoms with Gasteiger partial charge in [-0.1, -0.05) is 23.8 Å². The Kier molecular flexibility index (Phi) is 6.91. The van der Waals surface area contributed by atoms with E-state index in [0.29, 0.717) is 18.9 Å². The highest BCUT2D eigenvalue weighted by molar-refractivity contribution is 7.89. The first-order valence-electron chi connectivity index (χ1n) is 9.63. The number of nitrogens with zero attached hydrogens (tertiary/aromatic N) is 1. The summed E-state index contributed by atoms with van der Waals surface area (Å²) in [6.45, 7) is 5.25. The van der Waals surface area contributed by atoms with Crippen LogP contribution in [-0.4, -0.2) is 52.0 Å². The van der Waals surface area contributed by atoms with E-state index in [4.69, 9.17) is 9.47 Å². The van der Waals surface area contributed by atoms with Gasteiger partial charge in [-0.2, -0.15) is 4.31 Å². The van der Waals surface area contributed by atoms with Crippen LogP contribution in [0.3, 0.4) is 0 Å². The lowest BCUT2D eigenvalue weighted by Crippen LogP contribution is -2.40. The van der Waals surface area contributed by atoms with Crippen LogP contribution >= 0.6 is 0 Å². The zero-order valence-corrected chi connectivity index (χ0v) is 18.2. The molecular formula is C22H26N2O5S. The molecule has 3 rings (SSSR count). The Bertz CT molecular complexity index is 1060. The minimum absolute atomic E-state index is 0.0167. The largest absolute Gasteiger partial charge is 0.495 e. The molecule has 2 aromatic carbocycles. The van der Waals surface area contributed by atoms with Crippen molar-refractivity contribution in [1.82, 2.24) is 4.31 Å². The van der Waals surface area contributed by atoms with Gasteiger partial charge in [0, 0.05) is 24.9 Å². The summed E-state index contributed by atoms with van der Waals surface area (Å²) in [5.74, 6) is -0.125. The van der Waals surface area contributed by atoms with Crippen molar-refractivity contribution in [1.29, 1.82) is 0 Å². The van der Waals surface area contributed by atoms with Gasteiger partial charge in [-0.15, -0.1) is 0 Å². The molecule has 0 bridgehead atoms. The maximum atomic E-state index is 13.0. The molecular weight excluding hydrogens is 404 g/mol. The molecule has 0 aromatic heterocycles. The normalized spacial score (nSPS) is 15.3. The van der Waals surface area contributed by atoms with E-state index in [1.165, 1.54) is 29.6 Å². The number of sulfonamides is 1. The fourth-order valence-electron chi connectivity index (χ4n) is 3.24. The van der Waals surface area contributed by atoms with Crippen molar-refractivity contribution in [3.63, 3.8) is 0 Å². The Morgan fingerprint density at radius 2 is 1.87 bits per heavy atom. The topological polar surface area (TPSA) is 84.9 Å². The zero-order valence-electron chi connectivity index (χ0n) is 17.3. The summed E-state index contributed by atoms with van der Waals surface area (Å²) < 4.78 is 37.9. The van der Waals surface area contributed by atoms with Gasteiger partial charge < -0.3 is 14.8 Å². The first-order valence-corrected chi connectivity index (χ1v) is 11.1. The Morgan fingerprint density at radius 1 is 1.13 bits per heavy atom. The molecule has 1 heterocycles. The van der Waals surface area contributed by atoms with Crippen molar-refractivity contribution in [2.24, 2.45) is 0 Å². The number of amides is 1. The molecule has 30 heavy (non-hydrogen) atoms. The van der Waals surface area contributed by atoms with Gasteiger partial charge in [-0.25, -0.2) is 8.42 Å². The lowest BCUT2D eigenvalue weighted by molar-refractivity contribution is -0.111. The van der Waals surface area contributed by atoms with E-state index in [9.17, 15) is 13.2 Å². The number of carbonyl (C=O) groups is 1. The third-order valence-corrected chi connectivity index (χ3v) is 6.78. The van der Waals surface area contributed by atoms with Crippen molar-refractivity contribution in [2.75, 3.05) is 38.7 Å². The van der Waals surface area contributed by atoms with Crippen LogP contribution < -0.4 is 10.1 Å². The second-order valence-corrected chi connectivity index (χ2v) is 8.97. The van der Waals surface area contributed by atoms with Crippen molar-refractivity contribution in [2.45, 2.75) is 18.7 Å². The Hall–Kier alpha value is -2.68. The summed E-state index contributed by atoms with van der Waals surface area (Å²) >= 11 is 0. The predicted molar refractivity (Wildman–Crippen MR) is 116 cm³/mol. The van der Waals surface area contributed by atoms with E-state index in [1.807, 2.05) is 32.0 Å². The average molecular weight is 431 g/mol. The number of morpholine rings is 1. The lowest BCUT2D eigenvalue weighted by Gasteiger charge is -2.26. The van der Waals surface area contributed by atoms with Gasteiger partial charge in [0.2, 0.25) is 15.9 Å². The Morgan fingerprint density at radius 3 is 2.53 bits per heavy atom. The SMILES string of the molecule is COc1ccc(NC(=O)/C=C/c2ccc(C)cc2C)cc1S(=O)(=O)N1CCOCC1. The molecule has 8 heteroatoms. The summed E-state index contributed by atoms with van der Waals surface area (Å²) in [5, 5.41) is 2.72. The van der Waals surface area contributed by atoms with Crippen molar-refractivity contribution >= 4 is 27.7 Å². The van der Waals surface area contributed by atoms with Crippen LogP contribution in [0.4, 0.5) is 5.69 Å². The molecule has 0 radical (unpaired) electrons. The number of methoxy groups -OCH3 is 1. The molecule has 1 aliphatic heterocycles. The highest BCUT2D eigenvalue weighted by Crippen LogP contribution is 2.30. The van der Waals surface area contributed by atoms with Crippen molar-refractivity contribution in [3.8, 4) is 5.75 Å². The fraction of sp³-hybridized carbons (Fsp3) is 0.318. The van der Waals surface area contributed by atoms with Crippen LogP contribution in [0, 0.1) is 13.8 Å². The second-order valence-electron chi connectivity index (χ2n) is 7.06. The quantitative estimate of drug-likeness (QED) is 0.712. The molecule has 1 N–H and O–H groups in total. The average Bonchev–Trinajstić information content (AvgIpc) is 2.73. The van der Waals surface area contributed by atoms with Crippen LogP contribution in [0.2, 0.25) is 0 Å². The monoisotopic (exact) mass is 430 g/mol. The zero-order chi connectivity index (χ0) is 21.7. The van der Waals surface area contributed by atoms with E-state index in [2.05, 4.69) is 5.32 Å². The highest BCUT2D eigenvalue weighted by atomic mass is 32.2. The summed E-state index contributed by atoms with van der Waals surface area (Å²) in [5.41, 5.74) is 3.54. The molecule has 0 atom stereocenters. The summed E-state index contributed by atoms with van der Waals surface area (Å²) in [7, 11) is -2.35. The summed E-state index contributed by atoms with van der Waals surface area (Å²) in [6, 6.07) is 10.6. The maximum Gasteiger partial charge on any atom is 0.248 e. The second kappa shape index (κ2) is 9.42. The summed E-state index contributed by atoms with van der Waals surface area (Å²) in [6.07, 6.45) is 3.16. The number of rotatable bonds is 6. The minimum atomic E-state index is -3.77. The molecule has 0 saturated carbocycles. The van der Waals surface area contributed by atoms with E-state index >= 15 is 0 Å². The van der Waals surface area contributed by atoms with Gasteiger partial charge in [0.25, 0.3) is 0 Å². The van der Waals surface area contributed by atoms with Gasteiger partial charge in [0.1, 0.15) is 10.6 Å². The van der Waals surface area contributed by atoms with Crippen LogP contribution in [0.25, 0.3) is 6.08 Å². The smallest absolute Gasteiger partial charge is 0.248 e. The first kappa shape index (κ1) is 22.0. The number of nitrogens with one attached hydrogen (secondary N) is 1. The molecule has 1 saturated heterocycles. The van der Waals surface area contributed by atoms with Crippen molar-refractivity contribution < 1.29 is 22.7 Å². The molecule has 160 valence electrons. The Labute approximate surface area is 177 Å². The van der Waals surface area contributed by atoms with E-state index in [1.54, 1.807) is 12.1 Å². The number of anilines is 1. The van der Waals surface area contributed by atoms with E-state index in [0.717, 1.165) is 16.7 Å². The van der Waals surface area contributed by atoms with E-state index < -0.39 is 10.0 Å². The highest BCUT2D eigenvalue weighted by Gasteiger charge is 2.29. The fourth-order valence-corrected chi connectivity index (χ4v) is 4.83. The number of carbonyl (C=O) groups excluding carboxylic acids is 1. The van der Waals surface area contributed by atoms with Gasteiger partial charge >= 0.3 is 0 Å². The molecule has 1 amide bonds. The van der Waals surface area contributed by atoms with Crippen LogP contribution in [0.15, 0.2) is 47.4 Å². The number of hydrogen-bond acceptors (Lipinski definition) is 5. The van der Waals surface area contributed by atoms with Crippen LogP contribution in [-0.2, 0) is 19.6 Å². The Balaban J connectivity index is 1.80. The minimum Gasteiger partial charge on any atom is -0.495 e. The third kappa shape index (κ3) is 5.08. The molecule has 7 nitrogen and oxygen atoms in total. The van der Waals surface area contributed by atoms with Gasteiger partial charge in [-0.3, -0.25) is 4.79 Å². The predicted octanol–water partition coefficient (Wildman–Crippen LogP) is 2.98. The molecule has 1 aliphatic rings. The maximum absolute atomic E-state index is 13.0.